The second-order valence-electron chi connectivity index (χ2n) is 9.56. The van der Waals surface area contributed by atoms with E-state index in [1.807, 2.05) is 42.5 Å². The highest BCUT2D eigenvalue weighted by Crippen LogP contribution is 2.41. The molecule has 1 saturated carbocycles. The van der Waals surface area contributed by atoms with Gasteiger partial charge in [0.05, 0.1) is 17.2 Å². The van der Waals surface area contributed by atoms with Crippen LogP contribution in [0.25, 0.3) is 22.3 Å². The molecule has 1 aliphatic rings. The Balaban J connectivity index is 1.65. The summed E-state index contributed by atoms with van der Waals surface area (Å²) in [5.74, 6) is 0.430. The van der Waals surface area contributed by atoms with Gasteiger partial charge in [0.1, 0.15) is 0 Å². The summed E-state index contributed by atoms with van der Waals surface area (Å²) in [5.41, 5.74) is 5.84. The molecule has 0 radical (unpaired) electrons. The van der Waals surface area contributed by atoms with Gasteiger partial charge in [0.25, 0.3) is 0 Å². The average molecular weight is 452 g/mol. The first-order chi connectivity index (χ1) is 16.6. The third-order valence-electron chi connectivity index (χ3n) is 7.35. The minimum absolute atomic E-state index is 0.332. The van der Waals surface area contributed by atoms with E-state index in [1.165, 1.54) is 56.9 Å². The van der Waals surface area contributed by atoms with Gasteiger partial charge in [0, 0.05) is 0 Å². The molecular formula is C31H33NO2. The third-order valence-corrected chi connectivity index (χ3v) is 7.35. The lowest BCUT2D eigenvalue weighted by Gasteiger charge is -2.29. The predicted molar refractivity (Wildman–Crippen MR) is 138 cm³/mol. The van der Waals surface area contributed by atoms with Gasteiger partial charge in [-0.25, -0.2) is 4.79 Å². The van der Waals surface area contributed by atoms with E-state index in [4.69, 9.17) is 5.26 Å². The summed E-state index contributed by atoms with van der Waals surface area (Å²) in [7, 11) is 0. The summed E-state index contributed by atoms with van der Waals surface area (Å²) >= 11 is 0. The second kappa shape index (κ2) is 11.2. The fourth-order valence-electron chi connectivity index (χ4n) is 5.39. The number of nitrogens with zero attached hydrogens (tertiary/aromatic N) is 1. The highest BCUT2D eigenvalue weighted by molar-refractivity contribution is 5.99. The van der Waals surface area contributed by atoms with Crippen LogP contribution in [0.15, 0.2) is 66.7 Å². The quantitative estimate of drug-likeness (QED) is 0.349. The maximum Gasteiger partial charge on any atom is 0.336 e. The van der Waals surface area contributed by atoms with Crippen LogP contribution < -0.4 is 0 Å². The van der Waals surface area contributed by atoms with E-state index in [0.717, 1.165) is 28.2 Å². The molecule has 0 aromatic heterocycles. The Morgan fingerprint density at radius 2 is 1.62 bits per heavy atom. The molecule has 4 rings (SSSR count). The van der Waals surface area contributed by atoms with Crippen molar-refractivity contribution >= 4 is 5.97 Å². The van der Waals surface area contributed by atoms with E-state index in [-0.39, 0.29) is 0 Å². The number of hydrogen-bond acceptors (Lipinski definition) is 2. The number of carboxylic acids is 1. The van der Waals surface area contributed by atoms with Crippen molar-refractivity contribution in [2.45, 2.75) is 64.2 Å². The molecule has 0 amide bonds. The Bertz CT molecular complexity index is 1160. The van der Waals surface area contributed by atoms with Crippen LogP contribution in [0.2, 0.25) is 0 Å². The zero-order chi connectivity index (χ0) is 23.9. The van der Waals surface area contributed by atoms with Crippen LogP contribution in [0.1, 0.15) is 85.7 Å². The Kier molecular flexibility index (Phi) is 7.80. The highest BCUT2D eigenvalue weighted by Gasteiger charge is 2.24. The van der Waals surface area contributed by atoms with Crippen LogP contribution in [0, 0.1) is 17.2 Å². The van der Waals surface area contributed by atoms with Gasteiger partial charge in [-0.1, -0.05) is 75.1 Å². The molecule has 3 aromatic rings. The molecule has 0 bridgehead atoms. The molecule has 0 heterocycles. The summed E-state index contributed by atoms with van der Waals surface area (Å²) in [5, 5.41) is 19.1. The minimum Gasteiger partial charge on any atom is -0.478 e. The fourth-order valence-corrected chi connectivity index (χ4v) is 5.39. The van der Waals surface area contributed by atoms with Crippen molar-refractivity contribution in [1.82, 2.24) is 0 Å². The molecule has 1 fully saturated rings. The van der Waals surface area contributed by atoms with Gasteiger partial charge in [-0.3, -0.25) is 0 Å². The first-order valence-electron chi connectivity index (χ1n) is 12.6. The number of carbonyl (C=O) groups is 1. The minimum atomic E-state index is -0.907. The molecule has 174 valence electrons. The van der Waals surface area contributed by atoms with Gasteiger partial charge < -0.3 is 5.11 Å². The monoisotopic (exact) mass is 451 g/mol. The van der Waals surface area contributed by atoms with E-state index in [9.17, 15) is 9.90 Å². The van der Waals surface area contributed by atoms with Crippen LogP contribution in [0.3, 0.4) is 0 Å². The Morgan fingerprint density at radius 1 is 0.912 bits per heavy atom. The SMILES string of the molecule is CCCCCC1CCC(c2ccc(C(=O)O)c(-c3ccccc3-c3ccc(C#N)cc3)c2)CC1. The van der Waals surface area contributed by atoms with Crippen LogP contribution in [0.5, 0.6) is 0 Å². The standard InChI is InChI=1S/C31H33NO2/c1-2-3-4-7-22-10-14-24(15-11-22)26-18-19-29(31(33)34)30(20-26)28-9-6-5-8-27(28)25-16-12-23(21-32)13-17-25/h5-6,8-9,12-13,16-20,22,24H,2-4,7,10-11,14-15H2,1H3,(H,33,34). The summed E-state index contributed by atoms with van der Waals surface area (Å²) in [4.78, 5) is 12.1. The van der Waals surface area contributed by atoms with Crippen molar-refractivity contribution < 1.29 is 9.90 Å². The molecule has 0 atom stereocenters. The van der Waals surface area contributed by atoms with Crippen molar-refractivity contribution in [2.24, 2.45) is 5.92 Å². The summed E-state index contributed by atoms with van der Waals surface area (Å²) in [6.45, 7) is 2.26. The second-order valence-corrected chi connectivity index (χ2v) is 9.56. The van der Waals surface area contributed by atoms with E-state index in [0.29, 0.717) is 17.0 Å². The molecule has 34 heavy (non-hydrogen) atoms. The van der Waals surface area contributed by atoms with Gasteiger partial charge in [-0.2, -0.15) is 5.26 Å². The van der Waals surface area contributed by atoms with Gasteiger partial charge >= 0.3 is 5.97 Å². The molecule has 3 heteroatoms. The first-order valence-corrected chi connectivity index (χ1v) is 12.6. The van der Waals surface area contributed by atoms with Crippen molar-refractivity contribution in [3.8, 4) is 28.3 Å². The maximum absolute atomic E-state index is 12.1. The number of benzene rings is 3. The van der Waals surface area contributed by atoms with Crippen molar-refractivity contribution in [2.75, 3.05) is 0 Å². The van der Waals surface area contributed by atoms with Gasteiger partial charge in [-0.05, 0) is 89.6 Å². The van der Waals surface area contributed by atoms with Crippen molar-refractivity contribution in [1.29, 1.82) is 5.26 Å². The molecule has 0 spiro atoms. The van der Waals surface area contributed by atoms with Crippen LogP contribution in [-0.2, 0) is 0 Å². The third kappa shape index (κ3) is 5.39. The van der Waals surface area contributed by atoms with Gasteiger partial charge in [0.2, 0.25) is 0 Å². The maximum atomic E-state index is 12.1. The van der Waals surface area contributed by atoms with Gasteiger partial charge in [0.15, 0.2) is 0 Å². The van der Waals surface area contributed by atoms with Gasteiger partial charge in [-0.15, -0.1) is 0 Å². The molecule has 0 unspecified atom stereocenters. The first kappa shape index (κ1) is 23.8. The lowest BCUT2D eigenvalue weighted by molar-refractivity contribution is 0.0697. The Labute approximate surface area is 203 Å². The molecule has 0 saturated heterocycles. The number of hydrogen-bond donors (Lipinski definition) is 1. The molecule has 1 N–H and O–H groups in total. The van der Waals surface area contributed by atoms with E-state index < -0.39 is 5.97 Å². The Hall–Kier alpha value is -3.38. The number of rotatable bonds is 8. The number of nitriles is 1. The smallest absolute Gasteiger partial charge is 0.336 e. The molecule has 3 aromatic carbocycles. The van der Waals surface area contributed by atoms with Crippen LogP contribution >= 0.6 is 0 Å². The normalized spacial score (nSPS) is 17.8. The molecule has 1 aliphatic carbocycles. The lowest BCUT2D eigenvalue weighted by Crippen LogP contribution is -2.14. The number of aromatic carboxylic acids is 1. The van der Waals surface area contributed by atoms with Crippen molar-refractivity contribution in [3.63, 3.8) is 0 Å². The largest absolute Gasteiger partial charge is 0.478 e. The predicted octanol–water partition coefficient (Wildman–Crippen LogP) is 8.44. The molecule has 3 nitrogen and oxygen atoms in total. The molecular weight excluding hydrogens is 418 g/mol. The van der Waals surface area contributed by atoms with E-state index in [1.54, 1.807) is 18.2 Å². The highest BCUT2D eigenvalue weighted by atomic mass is 16.4. The summed E-state index contributed by atoms with van der Waals surface area (Å²) < 4.78 is 0. The zero-order valence-corrected chi connectivity index (χ0v) is 20.0. The van der Waals surface area contributed by atoms with Crippen molar-refractivity contribution in [3.05, 3.63) is 83.4 Å². The topological polar surface area (TPSA) is 61.1 Å². The number of carboxylic acid groups (broad SMARTS) is 1. The number of unbranched alkanes of at least 4 members (excludes halogenated alkanes) is 2. The molecule has 0 aliphatic heterocycles. The van der Waals surface area contributed by atoms with Crippen LogP contribution in [0.4, 0.5) is 0 Å². The Morgan fingerprint density at radius 3 is 2.26 bits per heavy atom. The van der Waals surface area contributed by atoms with E-state index >= 15 is 0 Å². The van der Waals surface area contributed by atoms with E-state index in [2.05, 4.69) is 19.1 Å². The average Bonchev–Trinajstić information content (AvgIpc) is 2.89. The lowest BCUT2D eigenvalue weighted by atomic mass is 9.76. The summed E-state index contributed by atoms with van der Waals surface area (Å²) in [6, 6.07) is 23.5. The summed E-state index contributed by atoms with van der Waals surface area (Å²) in [6.07, 6.45) is 10.2. The fraction of sp³-hybridized carbons (Fsp3) is 0.355. The van der Waals surface area contributed by atoms with Crippen LogP contribution in [-0.4, -0.2) is 11.1 Å². The zero-order valence-electron chi connectivity index (χ0n) is 20.0.